The highest BCUT2D eigenvalue weighted by Gasteiger charge is 1.97. The summed E-state index contributed by atoms with van der Waals surface area (Å²) in [5.41, 5.74) is 10.8. The van der Waals surface area contributed by atoms with Crippen LogP contribution in [-0.2, 0) is 0 Å². The normalized spacial score (nSPS) is 10.3. The summed E-state index contributed by atoms with van der Waals surface area (Å²) in [6.07, 6.45) is 7.36. The van der Waals surface area contributed by atoms with Crippen LogP contribution in [0.3, 0.4) is 0 Å². The molecule has 0 aliphatic rings. The Bertz CT molecular complexity index is 2420. The molecule has 0 spiro atoms. The van der Waals surface area contributed by atoms with Crippen molar-refractivity contribution in [3.8, 4) is 0 Å². The van der Waals surface area contributed by atoms with Crippen LogP contribution in [0.4, 0.5) is 0 Å². The molecule has 266 valence electrons. The maximum Gasteiger partial charge on any atom is 0.0731 e. The number of rotatable bonds is 0. The molecule has 54 heavy (non-hydrogen) atoms. The van der Waals surface area contributed by atoms with Gasteiger partial charge in [-0.25, -0.2) is 0 Å². The van der Waals surface area contributed by atoms with Crippen molar-refractivity contribution in [2.45, 2.75) is 34.6 Å². The molecule has 0 saturated heterocycles. The van der Waals surface area contributed by atoms with E-state index in [1.54, 1.807) is 0 Å². The molecule has 5 aromatic carbocycles. The molecule has 5 aromatic heterocycles. The van der Waals surface area contributed by atoms with E-state index in [0.717, 1.165) is 22.1 Å². The molecular formula is C49H44N4S. The third-order valence-corrected chi connectivity index (χ3v) is 10.2. The average molecular weight is 721 g/mol. The molecule has 0 fully saturated rings. The van der Waals surface area contributed by atoms with Crippen LogP contribution in [0.25, 0.3) is 53.7 Å². The minimum absolute atomic E-state index is 1.08. The highest BCUT2D eigenvalue weighted by Crippen LogP contribution is 2.23. The zero-order chi connectivity index (χ0) is 37.7. The Kier molecular flexibility index (Phi) is 12.8. The van der Waals surface area contributed by atoms with Crippen LogP contribution in [-0.4, -0.2) is 19.9 Å². The minimum Gasteiger partial charge on any atom is -0.256 e. The first kappa shape index (κ1) is 37.5. The molecule has 10 rings (SSSR count). The van der Waals surface area contributed by atoms with Crippen molar-refractivity contribution in [1.82, 2.24) is 19.9 Å². The van der Waals surface area contributed by atoms with Crippen LogP contribution in [0, 0.1) is 34.6 Å². The van der Waals surface area contributed by atoms with Crippen molar-refractivity contribution in [2.75, 3.05) is 0 Å². The molecule has 0 bridgehead atoms. The fourth-order valence-electron chi connectivity index (χ4n) is 6.12. The maximum absolute atomic E-state index is 4.28. The number of aryl methyl sites for hydroxylation is 5. The van der Waals surface area contributed by atoms with Crippen LogP contribution in [0.15, 0.2) is 176 Å². The Balaban J connectivity index is 0.000000115. The third kappa shape index (κ3) is 9.57. The van der Waals surface area contributed by atoms with E-state index in [0.29, 0.717) is 0 Å². The molecule has 5 heteroatoms. The number of fused-ring (bicyclic) bond motifs is 5. The Morgan fingerprint density at radius 1 is 0.333 bits per heavy atom. The van der Waals surface area contributed by atoms with Crippen LogP contribution in [0.1, 0.15) is 27.8 Å². The molecule has 0 aliphatic carbocycles. The first-order valence-electron chi connectivity index (χ1n) is 18.0. The number of hydrogen-bond donors (Lipinski definition) is 0. The molecule has 0 amide bonds. The van der Waals surface area contributed by atoms with Gasteiger partial charge < -0.3 is 0 Å². The van der Waals surface area contributed by atoms with Gasteiger partial charge in [0.1, 0.15) is 0 Å². The summed E-state index contributed by atoms with van der Waals surface area (Å²) in [4.78, 5) is 17.0. The number of aromatic nitrogens is 4. The molecule has 5 heterocycles. The Morgan fingerprint density at radius 3 is 1.24 bits per heavy atom. The lowest BCUT2D eigenvalue weighted by atomic mass is 10.1. The van der Waals surface area contributed by atoms with Gasteiger partial charge >= 0.3 is 0 Å². The highest BCUT2D eigenvalue weighted by atomic mass is 32.1. The molecule has 10 aromatic rings. The monoisotopic (exact) mass is 720 g/mol. The minimum atomic E-state index is 1.08. The van der Waals surface area contributed by atoms with Gasteiger partial charge in [-0.15, -0.1) is 11.3 Å². The molecule has 0 N–H and O–H groups in total. The summed E-state index contributed by atoms with van der Waals surface area (Å²) in [5.74, 6) is 0. The molecular weight excluding hydrogens is 677 g/mol. The molecule has 0 unspecified atom stereocenters. The number of benzene rings is 5. The largest absolute Gasteiger partial charge is 0.256 e. The van der Waals surface area contributed by atoms with Gasteiger partial charge in [-0.1, -0.05) is 97.1 Å². The average Bonchev–Trinajstić information content (AvgIpc) is 3.71. The molecule has 4 nitrogen and oxygen atoms in total. The van der Waals surface area contributed by atoms with Gasteiger partial charge in [-0.05, 0) is 122 Å². The van der Waals surface area contributed by atoms with Crippen molar-refractivity contribution in [3.05, 3.63) is 204 Å². The van der Waals surface area contributed by atoms with E-state index in [-0.39, 0.29) is 0 Å². The fourth-order valence-corrected chi connectivity index (χ4v) is 6.99. The van der Waals surface area contributed by atoms with Gasteiger partial charge in [-0.2, -0.15) is 0 Å². The number of thiophene rings is 1. The van der Waals surface area contributed by atoms with Crippen LogP contribution in [0.5, 0.6) is 0 Å². The smallest absolute Gasteiger partial charge is 0.0731 e. The summed E-state index contributed by atoms with van der Waals surface area (Å²) in [7, 11) is 0. The number of para-hydroxylation sites is 4. The summed E-state index contributed by atoms with van der Waals surface area (Å²) in [5, 5.41) is 8.45. The summed E-state index contributed by atoms with van der Waals surface area (Å²) in [6.45, 7) is 10.5. The van der Waals surface area contributed by atoms with Crippen molar-refractivity contribution in [1.29, 1.82) is 0 Å². The first-order chi connectivity index (χ1) is 26.4. The lowest BCUT2D eigenvalue weighted by Crippen LogP contribution is -1.80. The maximum atomic E-state index is 4.28. The van der Waals surface area contributed by atoms with Crippen molar-refractivity contribution in [2.24, 2.45) is 0 Å². The van der Waals surface area contributed by atoms with Crippen molar-refractivity contribution in [3.63, 3.8) is 0 Å². The van der Waals surface area contributed by atoms with E-state index < -0.39 is 0 Å². The van der Waals surface area contributed by atoms with E-state index in [1.807, 2.05) is 115 Å². The second kappa shape index (κ2) is 18.5. The van der Waals surface area contributed by atoms with Gasteiger partial charge in [0.25, 0.3) is 0 Å². The van der Waals surface area contributed by atoms with Crippen LogP contribution >= 0.6 is 11.3 Å². The van der Waals surface area contributed by atoms with Gasteiger partial charge in [0, 0.05) is 51.0 Å². The second-order valence-electron chi connectivity index (χ2n) is 13.0. The Morgan fingerprint density at radius 2 is 0.778 bits per heavy atom. The first-order valence-corrected chi connectivity index (χ1v) is 18.9. The summed E-state index contributed by atoms with van der Waals surface area (Å²) in [6, 6.07) is 49.4. The van der Waals surface area contributed by atoms with Crippen LogP contribution in [0.2, 0.25) is 0 Å². The molecule has 0 aliphatic heterocycles. The topological polar surface area (TPSA) is 51.6 Å². The predicted octanol–water partition coefficient (Wildman–Crippen LogP) is 13.4. The summed E-state index contributed by atoms with van der Waals surface area (Å²) < 4.78 is 1.42. The molecule has 0 atom stereocenters. The van der Waals surface area contributed by atoms with E-state index >= 15 is 0 Å². The lowest BCUT2D eigenvalue weighted by molar-refractivity contribution is 1.37. The van der Waals surface area contributed by atoms with E-state index in [4.69, 9.17) is 0 Å². The van der Waals surface area contributed by atoms with Crippen molar-refractivity contribution < 1.29 is 0 Å². The van der Waals surface area contributed by atoms with Crippen molar-refractivity contribution >= 4 is 65.0 Å². The Hall–Kier alpha value is -6.30. The van der Waals surface area contributed by atoms with E-state index in [2.05, 4.69) is 127 Å². The van der Waals surface area contributed by atoms with Gasteiger partial charge in [0.15, 0.2) is 0 Å². The third-order valence-electron chi connectivity index (χ3n) is 9.11. The quantitative estimate of drug-likeness (QED) is 0.156. The number of nitrogens with zero attached hydrogens (tertiary/aromatic N) is 4. The van der Waals surface area contributed by atoms with Gasteiger partial charge in [0.2, 0.25) is 0 Å². The second-order valence-corrected chi connectivity index (χ2v) is 13.9. The SMILES string of the molecule is Cc1cccc2cccnc12.Cc1cccc2ccsc12.Cc1ccnc2ccccc12.Cc1ccnc2ccccc12.Cc1ccnc2ccccc12. The Labute approximate surface area is 321 Å². The molecule has 0 saturated carbocycles. The van der Waals surface area contributed by atoms with E-state index in [1.165, 1.54) is 59.4 Å². The zero-order valence-corrected chi connectivity index (χ0v) is 32.3. The fraction of sp³-hybridized carbons (Fsp3) is 0.102. The van der Waals surface area contributed by atoms with Gasteiger partial charge in [-0.3, -0.25) is 19.9 Å². The highest BCUT2D eigenvalue weighted by molar-refractivity contribution is 7.17. The molecule has 0 radical (unpaired) electrons. The van der Waals surface area contributed by atoms with E-state index in [9.17, 15) is 0 Å². The van der Waals surface area contributed by atoms with Gasteiger partial charge in [0.05, 0.1) is 22.1 Å². The number of hydrogen-bond acceptors (Lipinski definition) is 5. The zero-order valence-electron chi connectivity index (χ0n) is 31.4. The van der Waals surface area contributed by atoms with Crippen LogP contribution < -0.4 is 0 Å². The summed E-state index contributed by atoms with van der Waals surface area (Å²) >= 11 is 1.81. The lowest BCUT2D eigenvalue weighted by Gasteiger charge is -1.97. The predicted molar refractivity (Wildman–Crippen MR) is 232 cm³/mol. The standard InChI is InChI=1S/4C10H9N.C9H8S/c1-8-4-2-5-9-6-3-7-11-10(8)9;3*1-8-6-7-11-10-5-3-2-4-9(8)10;1-7-3-2-4-8-5-6-10-9(7)8/h4*2-7H,1H3;2-6H,1H3. The number of pyridine rings is 4.